The van der Waals surface area contributed by atoms with E-state index in [4.69, 9.17) is 0 Å². The molecular weight excluding hydrogens is 276 g/mol. The van der Waals surface area contributed by atoms with Crippen molar-refractivity contribution in [2.45, 2.75) is 4.90 Å². The maximum Gasteiger partial charge on any atom is 0.311 e. The highest BCUT2D eigenvalue weighted by molar-refractivity contribution is 7.98. The van der Waals surface area contributed by atoms with E-state index in [-0.39, 0.29) is 11.5 Å². The Hall–Kier alpha value is -2.28. The van der Waals surface area contributed by atoms with Gasteiger partial charge in [0.05, 0.1) is 4.92 Å². The van der Waals surface area contributed by atoms with Crippen molar-refractivity contribution in [3.05, 3.63) is 46.5 Å². The van der Waals surface area contributed by atoms with Gasteiger partial charge in [-0.15, -0.1) is 11.8 Å². The van der Waals surface area contributed by atoms with Crippen LogP contribution in [0, 0.1) is 10.1 Å². The molecule has 0 radical (unpaired) electrons. The molecule has 0 aliphatic heterocycles. The lowest BCUT2D eigenvalue weighted by Crippen LogP contribution is -2.02. The Morgan fingerprint density at radius 1 is 1.20 bits per heavy atom. The summed E-state index contributed by atoms with van der Waals surface area (Å²) in [5.41, 5.74) is 0.699. The van der Waals surface area contributed by atoms with E-state index >= 15 is 0 Å². The summed E-state index contributed by atoms with van der Waals surface area (Å²) in [6.07, 6.45) is 1.99. The molecule has 0 aliphatic carbocycles. The minimum absolute atomic E-state index is 0.0575. The predicted octanol–water partition coefficient (Wildman–Crippen LogP) is 3.50. The Morgan fingerprint density at radius 3 is 2.45 bits per heavy atom. The number of pyridine rings is 1. The van der Waals surface area contributed by atoms with Gasteiger partial charge in [-0.25, -0.2) is 4.98 Å². The SMILES string of the molecule is CNc1ccc([N+](=O)[O-])c(Nc2ccc(SC)cc2)n1. The van der Waals surface area contributed by atoms with E-state index in [0.717, 1.165) is 10.6 Å². The fourth-order valence-electron chi connectivity index (χ4n) is 1.64. The lowest BCUT2D eigenvalue weighted by molar-refractivity contribution is -0.384. The van der Waals surface area contributed by atoms with Crippen molar-refractivity contribution < 1.29 is 4.92 Å². The summed E-state index contributed by atoms with van der Waals surface area (Å²) in [6, 6.07) is 10.6. The van der Waals surface area contributed by atoms with Gasteiger partial charge in [0.25, 0.3) is 0 Å². The lowest BCUT2D eigenvalue weighted by atomic mass is 10.3. The molecule has 1 heterocycles. The highest BCUT2D eigenvalue weighted by Crippen LogP contribution is 2.27. The number of aromatic nitrogens is 1. The maximum atomic E-state index is 11.0. The molecule has 2 rings (SSSR count). The molecule has 1 aromatic carbocycles. The highest BCUT2D eigenvalue weighted by atomic mass is 32.2. The molecule has 0 spiro atoms. The smallest absolute Gasteiger partial charge is 0.311 e. The summed E-state index contributed by atoms with van der Waals surface area (Å²) in [4.78, 5) is 15.9. The van der Waals surface area contributed by atoms with Gasteiger partial charge in [-0.1, -0.05) is 0 Å². The molecule has 0 saturated heterocycles. The van der Waals surface area contributed by atoms with E-state index in [1.165, 1.54) is 6.07 Å². The molecule has 0 bridgehead atoms. The number of nitrogens with one attached hydrogen (secondary N) is 2. The summed E-state index contributed by atoms with van der Waals surface area (Å²) >= 11 is 1.64. The molecule has 104 valence electrons. The lowest BCUT2D eigenvalue weighted by Gasteiger charge is -2.08. The fourth-order valence-corrected chi connectivity index (χ4v) is 2.05. The third kappa shape index (κ3) is 3.18. The molecule has 0 amide bonds. The standard InChI is InChI=1S/C13H14N4O2S/c1-14-12-8-7-11(17(18)19)13(16-12)15-9-3-5-10(20-2)6-4-9/h3-8H,1-2H3,(H2,14,15,16). The second-order valence-electron chi connectivity index (χ2n) is 3.92. The first-order valence-electron chi connectivity index (χ1n) is 5.88. The number of anilines is 3. The molecule has 20 heavy (non-hydrogen) atoms. The van der Waals surface area contributed by atoms with E-state index in [2.05, 4.69) is 15.6 Å². The Morgan fingerprint density at radius 2 is 1.90 bits per heavy atom. The quantitative estimate of drug-likeness (QED) is 0.498. The Balaban J connectivity index is 2.32. The van der Waals surface area contributed by atoms with Crippen molar-refractivity contribution in [1.29, 1.82) is 0 Å². The van der Waals surface area contributed by atoms with Crippen molar-refractivity contribution in [1.82, 2.24) is 4.98 Å². The first-order chi connectivity index (χ1) is 9.63. The summed E-state index contributed by atoms with van der Waals surface area (Å²) < 4.78 is 0. The third-order valence-corrected chi connectivity index (χ3v) is 3.42. The van der Waals surface area contributed by atoms with Gasteiger partial charge in [0.2, 0.25) is 5.82 Å². The normalized spacial score (nSPS) is 10.1. The highest BCUT2D eigenvalue weighted by Gasteiger charge is 2.15. The van der Waals surface area contributed by atoms with E-state index < -0.39 is 4.92 Å². The van der Waals surface area contributed by atoms with Gasteiger partial charge in [0.1, 0.15) is 5.82 Å². The van der Waals surface area contributed by atoms with Crippen molar-refractivity contribution in [2.75, 3.05) is 23.9 Å². The molecule has 0 atom stereocenters. The Labute approximate surface area is 120 Å². The molecule has 0 aliphatic rings. The Bertz CT molecular complexity index is 616. The summed E-state index contributed by atoms with van der Waals surface area (Å²) in [6.45, 7) is 0. The van der Waals surface area contributed by atoms with Gasteiger partial charge in [-0.3, -0.25) is 10.1 Å². The van der Waals surface area contributed by atoms with Crippen LogP contribution in [0.1, 0.15) is 0 Å². The predicted molar refractivity (Wildman–Crippen MR) is 81.9 cm³/mol. The molecule has 1 aromatic heterocycles. The van der Waals surface area contributed by atoms with E-state index in [1.807, 2.05) is 30.5 Å². The third-order valence-electron chi connectivity index (χ3n) is 2.68. The van der Waals surface area contributed by atoms with Gasteiger partial charge in [0, 0.05) is 23.7 Å². The summed E-state index contributed by atoms with van der Waals surface area (Å²) in [5, 5.41) is 16.9. The van der Waals surface area contributed by atoms with Crippen molar-refractivity contribution in [3.63, 3.8) is 0 Å². The van der Waals surface area contributed by atoms with E-state index in [0.29, 0.717) is 5.82 Å². The number of hydrogen-bond acceptors (Lipinski definition) is 6. The first-order valence-corrected chi connectivity index (χ1v) is 7.11. The van der Waals surface area contributed by atoms with Gasteiger partial charge in [-0.05, 0) is 36.6 Å². The van der Waals surface area contributed by atoms with Crippen molar-refractivity contribution >= 4 is 34.8 Å². The second kappa shape index (κ2) is 6.25. The zero-order valence-electron chi connectivity index (χ0n) is 11.1. The van der Waals surface area contributed by atoms with Crippen molar-refractivity contribution in [2.24, 2.45) is 0 Å². The first kappa shape index (κ1) is 14.1. The van der Waals surface area contributed by atoms with Gasteiger partial charge >= 0.3 is 5.69 Å². The molecular formula is C13H14N4O2S. The van der Waals surface area contributed by atoms with Crippen LogP contribution in [-0.4, -0.2) is 23.2 Å². The largest absolute Gasteiger partial charge is 0.373 e. The topological polar surface area (TPSA) is 80.1 Å². The Kier molecular flexibility index (Phi) is 4.41. The maximum absolute atomic E-state index is 11.0. The number of rotatable bonds is 5. The molecule has 2 N–H and O–H groups in total. The minimum atomic E-state index is -0.453. The van der Waals surface area contributed by atoms with Gasteiger partial charge in [-0.2, -0.15) is 0 Å². The summed E-state index contributed by atoms with van der Waals surface area (Å²) in [5.74, 6) is 0.789. The van der Waals surface area contributed by atoms with Crippen LogP contribution in [0.2, 0.25) is 0 Å². The van der Waals surface area contributed by atoms with Crippen LogP contribution in [0.4, 0.5) is 23.0 Å². The molecule has 0 fully saturated rings. The zero-order valence-corrected chi connectivity index (χ0v) is 11.9. The fraction of sp³-hybridized carbons (Fsp3) is 0.154. The van der Waals surface area contributed by atoms with Crippen LogP contribution in [0.15, 0.2) is 41.3 Å². The van der Waals surface area contributed by atoms with Crippen LogP contribution in [0.5, 0.6) is 0 Å². The van der Waals surface area contributed by atoms with Crippen LogP contribution >= 0.6 is 11.8 Å². The van der Waals surface area contributed by atoms with Crippen LogP contribution < -0.4 is 10.6 Å². The van der Waals surface area contributed by atoms with E-state index in [9.17, 15) is 10.1 Å². The molecule has 6 nitrogen and oxygen atoms in total. The van der Waals surface area contributed by atoms with Crippen LogP contribution in [0.25, 0.3) is 0 Å². The summed E-state index contributed by atoms with van der Waals surface area (Å²) in [7, 11) is 1.71. The van der Waals surface area contributed by atoms with Crippen molar-refractivity contribution in [3.8, 4) is 0 Å². The number of benzene rings is 1. The molecule has 2 aromatic rings. The zero-order chi connectivity index (χ0) is 14.5. The second-order valence-corrected chi connectivity index (χ2v) is 4.80. The molecule has 0 unspecified atom stereocenters. The molecule has 0 saturated carbocycles. The number of nitrogens with zero attached hydrogens (tertiary/aromatic N) is 2. The van der Waals surface area contributed by atoms with E-state index in [1.54, 1.807) is 24.9 Å². The monoisotopic (exact) mass is 290 g/mol. The average molecular weight is 290 g/mol. The number of hydrogen-bond donors (Lipinski definition) is 2. The number of thioether (sulfide) groups is 1. The van der Waals surface area contributed by atoms with Gasteiger partial charge < -0.3 is 10.6 Å². The van der Waals surface area contributed by atoms with Crippen LogP contribution in [-0.2, 0) is 0 Å². The van der Waals surface area contributed by atoms with Gasteiger partial charge in [0.15, 0.2) is 0 Å². The molecule has 7 heteroatoms. The van der Waals surface area contributed by atoms with Crippen LogP contribution in [0.3, 0.4) is 0 Å². The average Bonchev–Trinajstić information content (AvgIpc) is 2.47. The number of nitro groups is 1. The minimum Gasteiger partial charge on any atom is -0.373 e.